The SMILES string of the molecule is CCCn1ncc(NCC(C)(O)CC(C)C)c(Br)c1=O. The van der Waals surface area contributed by atoms with Crippen molar-refractivity contribution in [3.8, 4) is 0 Å². The molecule has 114 valence electrons. The van der Waals surface area contributed by atoms with Crippen LogP contribution in [0.2, 0.25) is 0 Å². The van der Waals surface area contributed by atoms with E-state index in [0.29, 0.717) is 35.6 Å². The molecular weight excluding hydrogens is 322 g/mol. The van der Waals surface area contributed by atoms with Gasteiger partial charge in [-0.25, -0.2) is 4.68 Å². The fourth-order valence-electron chi connectivity index (χ4n) is 2.20. The third-order valence-corrected chi connectivity index (χ3v) is 3.69. The molecule has 0 saturated heterocycles. The van der Waals surface area contributed by atoms with E-state index in [9.17, 15) is 9.90 Å². The van der Waals surface area contributed by atoms with Crippen LogP contribution in [-0.2, 0) is 6.54 Å². The number of aliphatic hydroxyl groups is 1. The molecule has 0 saturated carbocycles. The van der Waals surface area contributed by atoms with E-state index in [1.54, 1.807) is 13.1 Å². The molecule has 2 N–H and O–H groups in total. The molecule has 1 heterocycles. The van der Waals surface area contributed by atoms with Crippen LogP contribution in [0.3, 0.4) is 0 Å². The number of nitrogens with zero attached hydrogens (tertiary/aromatic N) is 2. The zero-order valence-electron chi connectivity index (χ0n) is 12.6. The van der Waals surface area contributed by atoms with Crippen molar-refractivity contribution in [1.29, 1.82) is 0 Å². The van der Waals surface area contributed by atoms with Gasteiger partial charge < -0.3 is 10.4 Å². The predicted molar refractivity (Wildman–Crippen MR) is 85.1 cm³/mol. The average molecular weight is 346 g/mol. The average Bonchev–Trinajstić information content (AvgIpc) is 2.33. The maximum absolute atomic E-state index is 12.0. The van der Waals surface area contributed by atoms with Gasteiger partial charge in [0.1, 0.15) is 4.47 Å². The topological polar surface area (TPSA) is 67.2 Å². The molecule has 0 aromatic carbocycles. The van der Waals surface area contributed by atoms with E-state index in [1.807, 2.05) is 6.92 Å². The lowest BCUT2D eigenvalue weighted by Gasteiger charge is -2.26. The molecule has 20 heavy (non-hydrogen) atoms. The Morgan fingerprint density at radius 2 is 2.20 bits per heavy atom. The van der Waals surface area contributed by atoms with Crippen LogP contribution in [0, 0.1) is 5.92 Å². The quantitative estimate of drug-likeness (QED) is 0.797. The van der Waals surface area contributed by atoms with Crippen LogP contribution in [0.4, 0.5) is 5.69 Å². The Morgan fingerprint density at radius 1 is 1.55 bits per heavy atom. The summed E-state index contributed by atoms with van der Waals surface area (Å²) < 4.78 is 1.89. The molecule has 0 radical (unpaired) electrons. The molecule has 0 aliphatic carbocycles. The van der Waals surface area contributed by atoms with Gasteiger partial charge in [-0.2, -0.15) is 5.10 Å². The van der Waals surface area contributed by atoms with Crippen LogP contribution < -0.4 is 10.9 Å². The Bertz CT molecular complexity index is 498. The molecule has 1 aromatic heterocycles. The van der Waals surface area contributed by atoms with E-state index < -0.39 is 5.60 Å². The van der Waals surface area contributed by atoms with Gasteiger partial charge >= 0.3 is 0 Å². The fourth-order valence-corrected chi connectivity index (χ4v) is 2.64. The fraction of sp³-hybridized carbons (Fsp3) is 0.714. The lowest BCUT2D eigenvalue weighted by molar-refractivity contribution is 0.0515. The Kier molecular flexibility index (Phi) is 6.20. The summed E-state index contributed by atoms with van der Waals surface area (Å²) in [4.78, 5) is 12.0. The highest BCUT2D eigenvalue weighted by Crippen LogP contribution is 2.20. The normalized spacial score (nSPS) is 14.3. The first-order valence-corrected chi connectivity index (χ1v) is 7.78. The van der Waals surface area contributed by atoms with Crippen LogP contribution in [0.5, 0.6) is 0 Å². The maximum atomic E-state index is 12.0. The molecule has 1 unspecified atom stereocenters. The Balaban J connectivity index is 2.79. The van der Waals surface area contributed by atoms with E-state index >= 15 is 0 Å². The third kappa shape index (κ3) is 4.90. The Labute approximate surface area is 128 Å². The van der Waals surface area contributed by atoms with Crippen molar-refractivity contribution in [2.75, 3.05) is 11.9 Å². The Morgan fingerprint density at radius 3 is 2.75 bits per heavy atom. The lowest BCUT2D eigenvalue weighted by atomic mass is 9.94. The third-order valence-electron chi connectivity index (χ3n) is 2.93. The van der Waals surface area contributed by atoms with Crippen LogP contribution in [0.25, 0.3) is 0 Å². The van der Waals surface area contributed by atoms with Crippen LogP contribution in [0.15, 0.2) is 15.5 Å². The summed E-state index contributed by atoms with van der Waals surface area (Å²) in [7, 11) is 0. The summed E-state index contributed by atoms with van der Waals surface area (Å²) in [6.45, 7) is 8.90. The highest BCUT2D eigenvalue weighted by atomic mass is 79.9. The molecule has 5 nitrogen and oxygen atoms in total. The van der Waals surface area contributed by atoms with Gasteiger partial charge in [-0.05, 0) is 41.6 Å². The van der Waals surface area contributed by atoms with E-state index in [1.165, 1.54) is 4.68 Å². The number of nitrogens with one attached hydrogen (secondary N) is 1. The smallest absolute Gasteiger partial charge is 0.283 e. The van der Waals surface area contributed by atoms with Gasteiger partial charge in [-0.15, -0.1) is 0 Å². The van der Waals surface area contributed by atoms with Gasteiger partial charge in [0.2, 0.25) is 0 Å². The molecule has 0 fully saturated rings. The van der Waals surface area contributed by atoms with Gasteiger partial charge in [-0.1, -0.05) is 20.8 Å². The van der Waals surface area contributed by atoms with E-state index in [0.717, 1.165) is 6.42 Å². The number of anilines is 1. The predicted octanol–water partition coefficient (Wildman–Crippen LogP) is 2.62. The molecule has 0 bridgehead atoms. The maximum Gasteiger partial charge on any atom is 0.283 e. The number of aromatic nitrogens is 2. The van der Waals surface area contributed by atoms with Crippen molar-refractivity contribution >= 4 is 21.6 Å². The lowest BCUT2D eigenvalue weighted by Crippen LogP contribution is -2.35. The second-order valence-electron chi connectivity index (χ2n) is 5.85. The minimum atomic E-state index is -0.814. The number of aryl methyl sites for hydroxylation is 1. The van der Waals surface area contributed by atoms with E-state index in [4.69, 9.17) is 0 Å². The monoisotopic (exact) mass is 345 g/mol. The van der Waals surface area contributed by atoms with Crippen molar-refractivity contribution in [1.82, 2.24) is 9.78 Å². The molecule has 1 aromatic rings. The summed E-state index contributed by atoms with van der Waals surface area (Å²) in [5.74, 6) is 0.408. The highest BCUT2D eigenvalue weighted by molar-refractivity contribution is 9.10. The van der Waals surface area contributed by atoms with Gasteiger partial charge in [0.15, 0.2) is 0 Å². The highest BCUT2D eigenvalue weighted by Gasteiger charge is 2.22. The molecular formula is C14H24BrN3O2. The van der Waals surface area contributed by atoms with Gasteiger partial charge in [0, 0.05) is 13.1 Å². The van der Waals surface area contributed by atoms with Gasteiger partial charge in [-0.3, -0.25) is 4.79 Å². The van der Waals surface area contributed by atoms with Crippen molar-refractivity contribution in [3.63, 3.8) is 0 Å². The zero-order valence-corrected chi connectivity index (χ0v) is 14.2. The molecule has 0 amide bonds. The summed E-state index contributed by atoms with van der Waals surface area (Å²) in [5.41, 5.74) is -0.349. The Hall–Kier alpha value is -0.880. The first-order chi connectivity index (χ1) is 9.26. The summed E-state index contributed by atoms with van der Waals surface area (Å²) in [6.07, 6.45) is 3.17. The zero-order chi connectivity index (χ0) is 15.3. The second kappa shape index (κ2) is 7.22. The molecule has 1 rings (SSSR count). The molecule has 0 aliphatic heterocycles. The van der Waals surface area contributed by atoms with Crippen molar-refractivity contribution in [2.24, 2.45) is 5.92 Å². The first kappa shape index (κ1) is 17.2. The largest absolute Gasteiger partial charge is 0.388 e. The first-order valence-electron chi connectivity index (χ1n) is 6.98. The number of hydrogen-bond donors (Lipinski definition) is 2. The van der Waals surface area contributed by atoms with Crippen molar-refractivity contribution < 1.29 is 5.11 Å². The van der Waals surface area contributed by atoms with Gasteiger partial charge in [0.25, 0.3) is 5.56 Å². The van der Waals surface area contributed by atoms with Crippen LogP contribution in [-0.4, -0.2) is 27.0 Å². The van der Waals surface area contributed by atoms with E-state index in [-0.39, 0.29) is 5.56 Å². The minimum Gasteiger partial charge on any atom is -0.388 e. The van der Waals surface area contributed by atoms with Crippen molar-refractivity contribution in [2.45, 2.75) is 52.7 Å². The standard InChI is InChI=1S/C14H24BrN3O2/c1-5-6-18-13(19)12(15)11(8-17-18)16-9-14(4,20)7-10(2)3/h8,10,16,20H,5-7,9H2,1-4H3. The molecule has 0 spiro atoms. The van der Waals surface area contributed by atoms with Gasteiger partial charge in [0.05, 0.1) is 17.5 Å². The second-order valence-corrected chi connectivity index (χ2v) is 6.64. The number of halogens is 1. The summed E-state index contributed by atoms with van der Waals surface area (Å²) in [5, 5.41) is 17.5. The summed E-state index contributed by atoms with van der Waals surface area (Å²) in [6, 6.07) is 0. The minimum absolute atomic E-state index is 0.152. The van der Waals surface area contributed by atoms with Crippen molar-refractivity contribution in [3.05, 3.63) is 21.0 Å². The number of hydrogen-bond acceptors (Lipinski definition) is 4. The van der Waals surface area contributed by atoms with E-state index in [2.05, 4.69) is 40.2 Å². The number of rotatable bonds is 7. The molecule has 6 heteroatoms. The summed E-state index contributed by atoms with van der Waals surface area (Å²) >= 11 is 3.30. The van der Waals surface area contributed by atoms with Crippen LogP contribution >= 0.6 is 15.9 Å². The molecule has 1 atom stereocenters. The molecule has 0 aliphatic rings. The van der Waals surface area contributed by atoms with Crippen LogP contribution in [0.1, 0.15) is 40.5 Å².